The molecule has 0 saturated heterocycles. The fourth-order valence-electron chi connectivity index (χ4n) is 2.36. The van der Waals surface area contributed by atoms with Gasteiger partial charge in [-0.15, -0.1) is 10.2 Å². The van der Waals surface area contributed by atoms with Crippen molar-refractivity contribution in [2.75, 3.05) is 24.3 Å². The summed E-state index contributed by atoms with van der Waals surface area (Å²) in [6, 6.07) is 4.86. The summed E-state index contributed by atoms with van der Waals surface area (Å²) in [5.74, 6) is 0.0531. The van der Waals surface area contributed by atoms with Gasteiger partial charge in [0.05, 0.1) is 5.56 Å². The van der Waals surface area contributed by atoms with Crippen LogP contribution in [-0.4, -0.2) is 34.8 Å². The van der Waals surface area contributed by atoms with Gasteiger partial charge in [0.25, 0.3) is 5.91 Å². The number of aromatic nitrogens is 3. The summed E-state index contributed by atoms with van der Waals surface area (Å²) in [6.07, 6.45) is 2.10. The van der Waals surface area contributed by atoms with Crippen molar-refractivity contribution in [2.24, 2.45) is 0 Å². The maximum atomic E-state index is 14.1. The number of halogens is 1. The average Bonchev–Trinajstić information content (AvgIpc) is 3.23. The van der Waals surface area contributed by atoms with Crippen molar-refractivity contribution in [3.05, 3.63) is 35.4 Å². The molecule has 0 spiro atoms. The van der Waals surface area contributed by atoms with E-state index in [-0.39, 0.29) is 5.56 Å². The van der Waals surface area contributed by atoms with Crippen molar-refractivity contribution in [3.63, 3.8) is 0 Å². The Morgan fingerprint density at radius 3 is 2.68 bits per heavy atom. The molecule has 0 atom stereocenters. The molecule has 1 aliphatic rings. The van der Waals surface area contributed by atoms with Crippen molar-refractivity contribution >= 4 is 17.5 Å². The number of rotatable bonds is 4. The monoisotopic (exact) mass is 303 g/mol. The van der Waals surface area contributed by atoms with Gasteiger partial charge in [0.15, 0.2) is 0 Å². The molecule has 1 aromatic heterocycles. The molecule has 116 valence electrons. The van der Waals surface area contributed by atoms with Crippen molar-refractivity contribution in [3.8, 4) is 0 Å². The Morgan fingerprint density at radius 1 is 1.36 bits per heavy atom. The van der Waals surface area contributed by atoms with Crippen LogP contribution in [0, 0.1) is 12.7 Å². The molecule has 1 amide bonds. The molecule has 0 bridgehead atoms. The van der Waals surface area contributed by atoms with Crippen LogP contribution in [0.3, 0.4) is 0 Å². The van der Waals surface area contributed by atoms with Crippen LogP contribution in [0.2, 0.25) is 0 Å². The molecule has 1 heterocycles. The highest BCUT2D eigenvalue weighted by Crippen LogP contribution is 2.37. The standard InChI is InChI=1S/C15H18FN5O/c1-9-18-19-15(21(9)10-4-5-10)17-14(22)12-7-6-11(20(2)3)8-13(12)16/h6-8,10H,4-5H2,1-3H3,(H,17,19,22). The number of nitrogens with zero attached hydrogens (tertiary/aromatic N) is 4. The number of amides is 1. The lowest BCUT2D eigenvalue weighted by Gasteiger charge is -2.13. The van der Waals surface area contributed by atoms with E-state index in [9.17, 15) is 9.18 Å². The van der Waals surface area contributed by atoms with Crippen molar-refractivity contribution < 1.29 is 9.18 Å². The number of aryl methyl sites for hydroxylation is 1. The van der Waals surface area contributed by atoms with Crippen LogP contribution in [0.25, 0.3) is 0 Å². The summed E-state index contributed by atoms with van der Waals surface area (Å²) in [4.78, 5) is 14.1. The summed E-state index contributed by atoms with van der Waals surface area (Å²) >= 11 is 0. The highest BCUT2D eigenvalue weighted by Gasteiger charge is 2.29. The zero-order valence-electron chi connectivity index (χ0n) is 12.8. The van der Waals surface area contributed by atoms with Gasteiger partial charge in [0.2, 0.25) is 5.95 Å². The normalized spacial score (nSPS) is 14.0. The van der Waals surface area contributed by atoms with Gasteiger partial charge in [-0.25, -0.2) is 4.39 Å². The molecule has 1 saturated carbocycles. The summed E-state index contributed by atoms with van der Waals surface area (Å²) < 4.78 is 16.0. The van der Waals surface area contributed by atoms with E-state index in [2.05, 4.69) is 15.5 Å². The van der Waals surface area contributed by atoms with Crippen LogP contribution < -0.4 is 10.2 Å². The first-order valence-electron chi connectivity index (χ1n) is 7.17. The Labute approximate surface area is 128 Å². The molecule has 3 rings (SSSR count). The minimum atomic E-state index is -0.557. The van der Waals surface area contributed by atoms with Gasteiger partial charge < -0.3 is 4.90 Å². The lowest BCUT2D eigenvalue weighted by Crippen LogP contribution is -2.18. The molecule has 0 aliphatic heterocycles. The van der Waals surface area contributed by atoms with Gasteiger partial charge in [-0.3, -0.25) is 14.7 Å². The van der Waals surface area contributed by atoms with Gasteiger partial charge in [-0.1, -0.05) is 0 Å². The van der Waals surface area contributed by atoms with Gasteiger partial charge in [-0.2, -0.15) is 0 Å². The number of hydrogen-bond acceptors (Lipinski definition) is 4. The lowest BCUT2D eigenvalue weighted by molar-refractivity contribution is 0.102. The van der Waals surface area contributed by atoms with E-state index in [1.54, 1.807) is 11.0 Å². The molecular formula is C15H18FN5O. The highest BCUT2D eigenvalue weighted by atomic mass is 19.1. The second-order valence-electron chi connectivity index (χ2n) is 5.68. The smallest absolute Gasteiger partial charge is 0.260 e. The van der Waals surface area contributed by atoms with E-state index in [4.69, 9.17) is 0 Å². The Hall–Kier alpha value is -2.44. The largest absolute Gasteiger partial charge is 0.378 e. The lowest BCUT2D eigenvalue weighted by atomic mass is 10.1. The summed E-state index contributed by atoms with van der Waals surface area (Å²) in [5, 5.41) is 10.6. The third-order valence-corrected chi connectivity index (χ3v) is 3.72. The summed E-state index contributed by atoms with van der Waals surface area (Å²) in [7, 11) is 3.63. The molecule has 1 aliphatic carbocycles. The predicted molar refractivity (Wildman–Crippen MR) is 81.7 cm³/mol. The fourth-order valence-corrected chi connectivity index (χ4v) is 2.36. The second kappa shape index (κ2) is 5.40. The molecule has 7 heteroatoms. The van der Waals surface area contributed by atoms with E-state index in [1.807, 2.05) is 25.6 Å². The van der Waals surface area contributed by atoms with E-state index >= 15 is 0 Å². The van der Waals surface area contributed by atoms with Crippen LogP contribution >= 0.6 is 0 Å². The third kappa shape index (κ3) is 2.66. The third-order valence-electron chi connectivity index (χ3n) is 3.72. The average molecular weight is 303 g/mol. The zero-order valence-corrected chi connectivity index (χ0v) is 12.8. The van der Waals surface area contributed by atoms with Crippen LogP contribution in [0.15, 0.2) is 18.2 Å². The van der Waals surface area contributed by atoms with E-state index < -0.39 is 11.7 Å². The van der Waals surface area contributed by atoms with Crippen molar-refractivity contribution in [1.82, 2.24) is 14.8 Å². The zero-order chi connectivity index (χ0) is 15.9. The molecular weight excluding hydrogens is 285 g/mol. The van der Waals surface area contributed by atoms with E-state index in [0.29, 0.717) is 17.7 Å². The summed E-state index contributed by atoms with van der Waals surface area (Å²) in [5.41, 5.74) is 0.694. The topological polar surface area (TPSA) is 63.1 Å². The number of hydrogen-bond donors (Lipinski definition) is 1. The Kier molecular flexibility index (Phi) is 3.56. The number of benzene rings is 1. The van der Waals surface area contributed by atoms with E-state index in [1.165, 1.54) is 12.1 Å². The number of nitrogens with one attached hydrogen (secondary N) is 1. The first kappa shape index (κ1) is 14.5. The molecule has 1 fully saturated rings. The van der Waals surface area contributed by atoms with Crippen LogP contribution in [0.4, 0.5) is 16.0 Å². The van der Waals surface area contributed by atoms with Crippen LogP contribution in [0.1, 0.15) is 35.1 Å². The molecule has 1 N–H and O–H groups in total. The van der Waals surface area contributed by atoms with Gasteiger partial charge in [-0.05, 0) is 38.0 Å². The first-order valence-corrected chi connectivity index (χ1v) is 7.17. The number of carbonyl (C=O) groups excluding carboxylic acids is 1. The Bertz CT molecular complexity index is 721. The van der Waals surface area contributed by atoms with Crippen LogP contribution in [-0.2, 0) is 0 Å². The quantitative estimate of drug-likeness (QED) is 0.942. The molecule has 1 aromatic carbocycles. The molecule has 0 radical (unpaired) electrons. The first-order chi connectivity index (χ1) is 10.5. The Balaban J connectivity index is 1.83. The van der Waals surface area contributed by atoms with Crippen LogP contribution in [0.5, 0.6) is 0 Å². The van der Waals surface area contributed by atoms with Crippen molar-refractivity contribution in [2.45, 2.75) is 25.8 Å². The van der Waals surface area contributed by atoms with Gasteiger partial charge >= 0.3 is 0 Å². The maximum absolute atomic E-state index is 14.1. The maximum Gasteiger partial charge on any atom is 0.260 e. The highest BCUT2D eigenvalue weighted by molar-refractivity contribution is 6.03. The molecule has 6 nitrogen and oxygen atoms in total. The SMILES string of the molecule is Cc1nnc(NC(=O)c2ccc(N(C)C)cc2F)n1C1CC1. The van der Waals surface area contributed by atoms with Gasteiger partial charge in [0, 0.05) is 25.8 Å². The van der Waals surface area contributed by atoms with E-state index in [0.717, 1.165) is 18.7 Å². The predicted octanol–water partition coefficient (Wildman–Crippen LogP) is 2.38. The van der Waals surface area contributed by atoms with Crippen molar-refractivity contribution in [1.29, 1.82) is 0 Å². The fraction of sp³-hybridized carbons (Fsp3) is 0.400. The molecule has 22 heavy (non-hydrogen) atoms. The van der Waals surface area contributed by atoms with Gasteiger partial charge in [0.1, 0.15) is 11.6 Å². The number of anilines is 2. The second-order valence-corrected chi connectivity index (χ2v) is 5.68. The Morgan fingerprint density at radius 2 is 2.09 bits per heavy atom. The minimum Gasteiger partial charge on any atom is -0.378 e. The minimum absolute atomic E-state index is 0.00593. The molecule has 0 unspecified atom stereocenters. The summed E-state index contributed by atoms with van der Waals surface area (Å²) in [6.45, 7) is 1.84. The number of carbonyl (C=O) groups is 1. The molecule has 2 aromatic rings.